The van der Waals surface area contributed by atoms with Crippen LogP contribution in [-0.2, 0) is 11.3 Å². The monoisotopic (exact) mass is 266 g/mol. The van der Waals surface area contributed by atoms with Gasteiger partial charge in [0.1, 0.15) is 5.52 Å². The average molecular weight is 267 g/mol. The first kappa shape index (κ1) is 11.7. The van der Waals surface area contributed by atoms with Gasteiger partial charge in [-0.25, -0.2) is 9.97 Å². The number of ether oxygens (including phenoxy) is 1. The molecule has 0 aromatic carbocycles. The highest BCUT2D eigenvalue weighted by molar-refractivity contribution is 6.31. The van der Waals surface area contributed by atoms with Gasteiger partial charge in [0.25, 0.3) is 0 Å². The van der Waals surface area contributed by atoms with Gasteiger partial charge in [-0.2, -0.15) is 0 Å². The van der Waals surface area contributed by atoms with Crippen LogP contribution in [0.5, 0.6) is 0 Å². The molecule has 3 heterocycles. The SMILES string of the molecule is Nc1nc2cc(Cl)cnc2n1CC1CCOCC1. The predicted octanol–water partition coefficient (Wildman–Crippen LogP) is 2.09. The van der Waals surface area contributed by atoms with Crippen molar-refractivity contribution in [1.82, 2.24) is 14.5 Å². The van der Waals surface area contributed by atoms with E-state index in [2.05, 4.69) is 9.97 Å². The summed E-state index contributed by atoms with van der Waals surface area (Å²) in [6, 6.07) is 1.79. The highest BCUT2D eigenvalue weighted by Crippen LogP contribution is 2.23. The van der Waals surface area contributed by atoms with Crippen LogP contribution in [0.2, 0.25) is 5.02 Å². The molecule has 2 aromatic heterocycles. The highest BCUT2D eigenvalue weighted by atomic mass is 35.5. The Morgan fingerprint density at radius 2 is 2.22 bits per heavy atom. The van der Waals surface area contributed by atoms with Crippen LogP contribution in [0, 0.1) is 5.92 Å². The Hall–Kier alpha value is -1.33. The molecule has 0 bridgehead atoms. The largest absolute Gasteiger partial charge is 0.381 e. The quantitative estimate of drug-likeness (QED) is 0.904. The third kappa shape index (κ3) is 2.15. The number of halogens is 1. The first-order valence-corrected chi connectivity index (χ1v) is 6.47. The zero-order valence-electron chi connectivity index (χ0n) is 9.97. The van der Waals surface area contributed by atoms with Crippen molar-refractivity contribution in [1.29, 1.82) is 0 Å². The van der Waals surface area contributed by atoms with Gasteiger partial charge in [-0.3, -0.25) is 4.57 Å². The number of nitrogens with zero attached hydrogens (tertiary/aromatic N) is 3. The number of nitrogen functional groups attached to an aromatic ring is 1. The molecule has 0 unspecified atom stereocenters. The van der Waals surface area contributed by atoms with Gasteiger partial charge in [0, 0.05) is 26.0 Å². The van der Waals surface area contributed by atoms with Crippen molar-refractivity contribution in [2.24, 2.45) is 5.92 Å². The Kier molecular flexibility index (Phi) is 3.09. The van der Waals surface area contributed by atoms with Crippen LogP contribution in [0.25, 0.3) is 11.2 Å². The molecule has 0 amide bonds. The zero-order chi connectivity index (χ0) is 12.5. The van der Waals surface area contributed by atoms with Crippen molar-refractivity contribution in [3.05, 3.63) is 17.3 Å². The molecule has 0 aliphatic carbocycles. The summed E-state index contributed by atoms with van der Waals surface area (Å²) in [7, 11) is 0. The Balaban J connectivity index is 1.92. The summed E-state index contributed by atoms with van der Waals surface area (Å²) in [5.74, 6) is 1.09. The Bertz CT molecular complexity index is 562. The fraction of sp³-hybridized carbons (Fsp3) is 0.500. The second-order valence-electron chi connectivity index (χ2n) is 4.63. The molecule has 5 nitrogen and oxygen atoms in total. The summed E-state index contributed by atoms with van der Waals surface area (Å²) in [6.07, 6.45) is 3.75. The Labute approximate surface area is 110 Å². The molecule has 0 spiro atoms. The molecule has 1 aliphatic heterocycles. The number of nitrogens with two attached hydrogens (primary N) is 1. The lowest BCUT2D eigenvalue weighted by Gasteiger charge is -2.22. The maximum absolute atomic E-state index is 5.96. The fourth-order valence-electron chi connectivity index (χ4n) is 2.37. The number of fused-ring (bicyclic) bond motifs is 1. The number of hydrogen-bond acceptors (Lipinski definition) is 4. The average Bonchev–Trinajstić information content (AvgIpc) is 2.66. The minimum absolute atomic E-state index is 0.506. The van der Waals surface area contributed by atoms with E-state index in [0.29, 0.717) is 16.9 Å². The fourth-order valence-corrected chi connectivity index (χ4v) is 2.52. The molecule has 1 saturated heterocycles. The van der Waals surface area contributed by atoms with Crippen LogP contribution in [0.3, 0.4) is 0 Å². The molecular weight excluding hydrogens is 252 g/mol. The molecule has 6 heteroatoms. The third-order valence-corrected chi connectivity index (χ3v) is 3.57. The lowest BCUT2D eigenvalue weighted by atomic mass is 10.0. The standard InChI is InChI=1S/C12H15ClN4O/c13-9-5-10-11(15-6-9)17(12(14)16-10)7-8-1-3-18-4-2-8/h5-6,8H,1-4,7H2,(H2,14,16). The van der Waals surface area contributed by atoms with Crippen LogP contribution in [0.1, 0.15) is 12.8 Å². The first-order chi connectivity index (χ1) is 8.74. The molecule has 2 N–H and O–H groups in total. The van der Waals surface area contributed by atoms with Gasteiger partial charge in [-0.15, -0.1) is 0 Å². The van der Waals surface area contributed by atoms with E-state index in [4.69, 9.17) is 22.1 Å². The number of rotatable bonds is 2. The summed E-state index contributed by atoms with van der Waals surface area (Å²) in [6.45, 7) is 2.51. The number of anilines is 1. The number of pyridine rings is 1. The number of aromatic nitrogens is 3. The second kappa shape index (κ2) is 4.74. The van der Waals surface area contributed by atoms with Crippen LogP contribution in [-0.4, -0.2) is 27.7 Å². The predicted molar refractivity (Wildman–Crippen MR) is 70.5 cm³/mol. The molecule has 96 valence electrons. The van der Waals surface area contributed by atoms with Gasteiger partial charge in [0.05, 0.1) is 5.02 Å². The van der Waals surface area contributed by atoms with E-state index in [1.54, 1.807) is 12.3 Å². The lowest BCUT2D eigenvalue weighted by molar-refractivity contribution is 0.0617. The normalized spacial score (nSPS) is 17.4. The van der Waals surface area contributed by atoms with Crippen LogP contribution in [0.4, 0.5) is 5.95 Å². The summed E-state index contributed by atoms with van der Waals surface area (Å²) in [5, 5.41) is 0.582. The van der Waals surface area contributed by atoms with E-state index < -0.39 is 0 Å². The minimum atomic E-state index is 0.506. The summed E-state index contributed by atoms with van der Waals surface area (Å²) in [5.41, 5.74) is 7.52. The lowest BCUT2D eigenvalue weighted by Crippen LogP contribution is -2.21. The molecule has 18 heavy (non-hydrogen) atoms. The molecule has 1 fully saturated rings. The van der Waals surface area contributed by atoms with Crippen LogP contribution in [0.15, 0.2) is 12.3 Å². The van der Waals surface area contributed by atoms with Crippen molar-refractivity contribution >= 4 is 28.7 Å². The van der Waals surface area contributed by atoms with Gasteiger partial charge < -0.3 is 10.5 Å². The molecule has 1 aliphatic rings. The van der Waals surface area contributed by atoms with Crippen molar-refractivity contribution in [2.75, 3.05) is 18.9 Å². The summed E-state index contributed by atoms with van der Waals surface area (Å²) < 4.78 is 7.34. The van der Waals surface area contributed by atoms with E-state index in [0.717, 1.165) is 43.8 Å². The zero-order valence-corrected chi connectivity index (χ0v) is 10.7. The number of hydrogen-bond donors (Lipinski definition) is 1. The van der Waals surface area contributed by atoms with Gasteiger partial charge in [0.15, 0.2) is 5.65 Å². The summed E-state index contributed by atoms with van der Waals surface area (Å²) >= 11 is 5.90. The van der Waals surface area contributed by atoms with Crippen molar-refractivity contribution in [3.63, 3.8) is 0 Å². The highest BCUT2D eigenvalue weighted by Gasteiger charge is 2.18. The van der Waals surface area contributed by atoms with E-state index in [9.17, 15) is 0 Å². The van der Waals surface area contributed by atoms with Gasteiger partial charge in [-0.05, 0) is 24.8 Å². The number of imidazole rings is 1. The van der Waals surface area contributed by atoms with E-state index in [1.807, 2.05) is 4.57 Å². The van der Waals surface area contributed by atoms with Crippen molar-refractivity contribution in [2.45, 2.75) is 19.4 Å². The molecule has 0 radical (unpaired) electrons. The molecule has 0 saturated carbocycles. The van der Waals surface area contributed by atoms with E-state index in [1.165, 1.54) is 0 Å². The minimum Gasteiger partial charge on any atom is -0.381 e. The van der Waals surface area contributed by atoms with Gasteiger partial charge in [-0.1, -0.05) is 11.6 Å². The maximum atomic E-state index is 5.96. The Morgan fingerprint density at radius 1 is 1.44 bits per heavy atom. The van der Waals surface area contributed by atoms with E-state index >= 15 is 0 Å². The van der Waals surface area contributed by atoms with E-state index in [-0.39, 0.29) is 0 Å². The molecular formula is C12H15ClN4O. The first-order valence-electron chi connectivity index (χ1n) is 6.09. The van der Waals surface area contributed by atoms with Crippen LogP contribution >= 0.6 is 11.6 Å². The topological polar surface area (TPSA) is 66.0 Å². The molecule has 2 aromatic rings. The smallest absolute Gasteiger partial charge is 0.202 e. The molecule has 3 rings (SSSR count). The second-order valence-corrected chi connectivity index (χ2v) is 5.07. The summed E-state index contributed by atoms with van der Waals surface area (Å²) in [4.78, 5) is 8.63. The third-order valence-electron chi connectivity index (χ3n) is 3.36. The molecule has 0 atom stereocenters. The Morgan fingerprint density at radius 3 is 3.00 bits per heavy atom. The van der Waals surface area contributed by atoms with Crippen LogP contribution < -0.4 is 5.73 Å². The van der Waals surface area contributed by atoms with Gasteiger partial charge in [0.2, 0.25) is 5.95 Å². The maximum Gasteiger partial charge on any atom is 0.202 e. The van der Waals surface area contributed by atoms with Gasteiger partial charge >= 0.3 is 0 Å². The van der Waals surface area contributed by atoms with Crippen molar-refractivity contribution < 1.29 is 4.74 Å². The van der Waals surface area contributed by atoms with Crippen molar-refractivity contribution in [3.8, 4) is 0 Å².